The average molecular weight is 266 g/mol. The van der Waals surface area contributed by atoms with Gasteiger partial charge in [-0.3, -0.25) is 0 Å². The summed E-state index contributed by atoms with van der Waals surface area (Å²) in [7, 11) is 0. The zero-order valence-corrected chi connectivity index (χ0v) is 8.61. The summed E-state index contributed by atoms with van der Waals surface area (Å²) in [5.41, 5.74) is 4.82. The Kier molecular flexibility index (Phi) is 3.71. The fourth-order valence-corrected chi connectivity index (χ4v) is 1.25. The van der Waals surface area contributed by atoms with E-state index < -0.39 is 17.5 Å². The van der Waals surface area contributed by atoms with E-state index in [0.29, 0.717) is 6.07 Å². The highest BCUT2D eigenvalue weighted by Gasteiger charge is 2.14. The molecule has 5 heteroatoms. The summed E-state index contributed by atoms with van der Waals surface area (Å²) >= 11 is 2.67. The van der Waals surface area contributed by atoms with Gasteiger partial charge in [-0.25, -0.2) is 13.2 Å². The van der Waals surface area contributed by atoms with E-state index in [1.165, 1.54) is 12.2 Å². The van der Waals surface area contributed by atoms with Gasteiger partial charge in [0.2, 0.25) is 0 Å². The van der Waals surface area contributed by atoms with Gasteiger partial charge in [-0.2, -0.15) is 0 Å². The lowest BCUT2D eigenvalue weighted by Gasteiger charge is -2.02. The molecule has 0 bridgehead atoms. The Morgan fingerprint density at radius 3 is 2.50 bits per heavy atom. The van der Waals surface area contributed by atoms with Crippen molar-refractivity contribution in [2.24, 2.45) is 5.73 Å². The van der Waals surface area contributed by atoms with E-state index in [4.69, 9.17) is 5.73 Å². The van der Waals surface area contributed by atoms with Gasteiger partial charge < -0.3 is 5.73 Å². The Morgan fingerprint density at radius 2 is 1.93 bits per heavy atom. The molecule has 0 spiro atoms. The molecule has 0 aliphatic carbocycles. The van der Waals surface area contributed by atoms with Crippen molar-refractivity contribution in [3.63, 3.8) is 0 Å². The van der Waals surface area contributed by atoms with Gasteiger partial charge in [-0.1, -0.05) is 12.2 Å². The summed E-state index contributed by atoms with van der Waals surface area (Å²) in [4.78, 5) is 0. The highest BCUT2D eigenvalue weighted by molar-refractivity contribution is 9.10. The quantitative estimate of drug-likeness (QED) is 0.646. The van der Waals surface area contributed by atoms with Crippen LogP contribution in [0.2, 0.25) is 0 Å². The molecular weight excluding hydrogens is 259 g/mol. The third-order valence-electron chi connectivity index (χ3n) is 1.57. The lowest BCUT2D eigenvalue weighted by molar-refractivity contribution is 0.532. The molecule has 0 amide bonds. The second-order valence-corrected chi connectivity index (χ2v) is 3.31. The van der Waals surface area contributed by atoms with Crippen molar-refractivity contribution in [3.05, 3.63) is 39.6 Å². The predicted molar refractivity (Wildman–Crippen MR) is 52.1 cm³/mol. The third kappa shape index (κ3) is 2.16. The van der Waals surface area contributed by atoms with Crippen LogP contribution in [-0.2, 0) is 0 Å². The fraction of sp³-hybridized carbons (Fsp3) is 0.111. The van der Waals surface area contributed by atoms with Gasteiger partial charge >= 0.3 is 0 Å². The van der Waals surface area contributed by atoms with Gasteiger partial charge in [0.15, 0.2) is 0 Å². The summed E-state index contributed by atoms with van der Waals surface area (Å²) in [6.45, 7) is 0.161. The lowest BCUT2D eigenvalue weighted by atomic mass is 10.2. The van der Waals surface area contributed by atoms with Gasteiger partial charge in [0, 0.05) is 18.2 Å². The minimum atomic E-state index is -0.968. The first-order valence-electron chi connectivity index (χ1n) is 3.77. The van der Waals surface area contributed by atoms with Crippen molar-refractivity contribution < 1.29 is 13.2 Å². The van der Waals surface area contributed by atoms with Gasteiger partial charge in [0.1, 0.15) is 17.5 Å². The standard InChI is InChI=1S/C9H7BrF3N/c10-8-7(12)4-6(11)5(9(8)13)2-1-3-14/h1-2,4H,3,14H2/b2-1+. The van der Waals surface area contributed by atoms with Gasteiger partial charge in [0.25, 0.3) is 0 Å². The number of hydrogen-bond donors (Lipinski definition) is 1. The molecule has 1 aromatic rings. The first-order chi connectivity index (χ1) is 6.57. The third-order valence-corrected chi connectivity index (χ3v) is 2.30. The first kappa shape index (κ1) is 11.3. The molecule has 0 unspecified atom stereocenters. The van der Waals surface area contributed by atoms with Crippen molar-refractivity contribution in [3.8, 4) is 0 Å². The van der Waals surface area contributed by atoms with Crippen molar-refractivity contribution >= 4 is 22.0 Å². The molecule has 0 aliphatic heterocycles. The van der Waals surface area contributed by atoms with Crippen molar-refractivity contribution in [1.82, 2.24) is 0 Å². The molecule has 1 nitrogen and oxygen atoms in total. The summed E-state index contributed by atoms with van der Waals surface area (Å²) < 4.78 is 38.6. The molecule has 0 aromatic heterocycles. The molecule has 0 saturated heterocycles. The van der Waals surface area contributed by atoms with Gasteiger partial charge in [0.05, 0.1) is 4.47 Å². The topological polar surface area (TPSA) is 26.0 Å². The molecule has 0 aliphatic rings. The minimum Gasteiger partial charge on any atom is -0.327 e. The highest BCUT2D eigenvalue weighted by atomic mass is 79.9. The molecule has 1 rings (SSSR count). The van der Waals surface area contributed by atoms with E-state index in [9.17, 15) is 13.2 Å². The maximum Gasteiger partial charge on any atom is 0.150 e. The number of nitrogens with two attached hydrogens (primary N) is 1. The Balaban J connectivity index is 3.29. The zero-order valence-electron chi connectivity index (χ0n) is 7.03. The van der Waals surface area contributed by atoms with E-state index in [1.54, 1.807) is 0 Å². The Labute approximate surface area is 87.5 Å². The first-order valence-corrected chi connectivity index (χ1v) is 4.56. The van der Waals surface area contributed by atoms with Crippen LogP contribution in [0, 0.1) is 17.5 Å². The van der Waals surface area contributed by atoms with E-state index in [2.05, 4.69) is 15.9 Å². The predicted octanol–water partition coefficient (Wildman–Crippen LogP) is 2.84. The van der Waals surface area contributed by atoms with Crippen LogP contribution in [-0.4, -0.2) is 6.54 Å². The number of rotatable bonds is 2. The van der Waals surface area contributed by atoms with Crippen LogP contribution in [0.3, 0.4) is 0 Å². The number of hydrogen-bond acceptors (Lipinski definition) is 1. The summed E-state index contributed by atoms with van der Waals surface area (Å²) in [6.07, 6.45) is 2.56. The van der Waals surface area contributed by atoms with Crippen LogP contribution < -0.4 is 5.73 Å². The van der Waals surface area contributed by atoms with E-state index >= 15 is 0 Å². The largest absolute Gasteiger partial charge is 0.327 e. The van der Waals surface area contributed by atoms with Crippen molar-refractivity contribution in [2.75, 3.05) is 6.54 Å². The SMILES string of the molecule is NC/C=C/c1c(F)cc(F)c(Br)c1F. The summed E-state index contributed by atoms with van der Waals surface area (Å²) in [5, 5.41) is 0. The molecule has 14 heavy (non-hydrogen) atoms. The Bertz CT molecular complexity index is 377. The van der Waals surface area contributed by atoms with Crippen LogP contribution >= 0.6 is 15.9 Å². The van der Waals surface area contributed by atoms with Crippen LogP contribution in [0.25, 0.3) is 6.08 Å². The van der Waals surface area contributed by atoms with E-state index in [1.807, 2.05) is 0 Å². The Morgan fingerprint density at radius 1 is 1.29 bits per heavy atom. The normalized spacial score (nSPS) is 11.2. The monoisotopic (exact) mass is 265 g/mol. The van der Waals surface area contributed by atoms with Gasteiger partial charge in [-0.05, 0) is 15.9 Å². The van der Waals surface area contributed by atoms with E-state index in [0.717, 1.165) is 0 Å². The summed E-state index contributed by atoms with van der Waals surface area (Å²) in [6, 6.07) is 0.614. The molecule has 2 N–H and O–H groups in total. The minimum absolute atomic E-state index is 0.161. The molecule has 0 fully saturated rings. The fourth-order valence-electron chi connectivity index (χ4n) is 0.919. The number of benzene rings is 1. The second kappa shape index (κ2) is 4.61. The van der Waals surface area contributed by atoms with Crippen molar-refractivity contribution in [2.45, 2.75) is 0 Å². The van der Waals surface area contributed by atoms with Crippen LogP contribution in [0.4, 0.5) is 13.2 Å². The molecular formula is C9H7BrF3N. The van der Waals surface area contributed by atoms with Gasteiger partial charge in [-0.15, -0.1) is 0 Å². The van der Waals surface area contributed by atoms with Crippen LogP contribution in [0.5, 0.6) is 0 Å². The molecule has 0 radical (unpaired) electrons. The maximum atomic E-state index is 13.2. The van der Waals surface area contributed by atoms with Crippen LogP contribution in [0.1, 0.15) is 5.56 Å². The highest BCUT2D eigenvalue weighted by Crippen LogP contribution is 2.25. The Hall–Kier alpha value is -0.810. The number of halogens is 4. The van der Waals surface area contributed by atoms with Crippen LogP contribution in [0.15, 0.2) is 16.6 Å². The summed E-state index contributed by atoms with van der Waals surface area (Å²) in [5.74, 6) is -2.88. The molecule has 0 heterocycles. The average Bonchev–Trinajstić information content (AvgIpc) is 2.14. The van der Waals surface area contributed by atoms with Crippen molar-refractivity contribution in [1.29, 1.82) is 0 Å². The zero-order chi connectivity index (χ0) is 10.7. The second-order valence-electron chi connectivity index (χ2n) is 2.52. The molecule has 1 aromatic carbocycles. The molecule has 0 atom stereocenters. The lowest BCUT2D eigenvalue weighted by Crippen LogP contribution is -1.96. The molecule has 0 saturated carbocycles. The smallest absolute Gasteiger partial charge is 0.150 e. The molecule has 76 valence electrons. The maximum absolute atomic E-state index is 13.2. The van der Waals surface area contributed by atoms with E-state index in [-0.39, 0.29) is 16.6 Å².